The highest BCUT2D eigenvalue weighted by Crippen LogP contribution is 2.36. The fraction of sp³-hybridized carbons (Fsp3) is 0. The van der Waals surface area contributed by atoms with Crippen LogP contribution < -0.4 is 0 Å². The van der Waals surface area contributed by atoms with E-state index in [1.165, 1.54) is 21.8 Å². The zero-order valence-electron chi connectivity index (χ0n) is 30.3. The average Bonchev–Trinajstić information content (AvgIpc) is 3.82. The first kappa shape index (κ1) is 31.9. The summed E-state index contributed by atoms with van der Waals surface area (Å²) in [5, 5.41) is 4.77. The van der Waals surface area contributed by atoms with Crippen LogP contribution in [-0.4, -0.2) is 14.5 Å². The molecule has 0 aliphatic rings. The Balaban J connectivity index is 0.951. The zero-order chi connectivity index (χ0) is 37.0. The Bertz CT molecular complexity index is 3180. The standard InChI is InChI=1S/C52H33N3O/c1-2-11-37(12-3-1)52-53-46(36-25-28-41(29-26-36)55-48-18-7-4-15-42(48)43-16-5-8-19-49(43)55)33-47(54-52)40-14-10-13-38(31-40)34-21-23-35(24-22-34)39-27-30-51-45(32-39)44-17-6-9-20-50(44)56-51/h1-33H. The molecule has 4 nitrogen and oxygen atoms in total. The lowest BCUT2D eigenvalue weighted by atomic mass is 9.97. The van der Waals surface area contributed by atoms with E-state index < -0.39 is 0 Å². The van der Waals surface area contributed by atoms with Crippen LogP contribution in [0.1, 0.15) is 0 Å². The Labute approximate surface area is 323 Å². The summed E-state index contributed by atoms with van der Waals surface area (Å²) in [6.45, 7) is 0. The molecule has 11 aromatic rings. The molecular weight excluding hydrogens is 683 g/mol. The minimum Gasteiger partial charge on any atom is -0.456 e. The van der Waals surface area contributed by atoms with Gasteiger partial charge in [0.15, 0.2) is 5.82 Å². The van der Waals surface area contributed by atoms with Gasteiger partial charge in [-0.25, -0.2) is 9.97 Å². The van der Waals surface area contributed by atoms with Gasteiger partial charge < -0.3 is 8.98 Å². The Kier molecular flexibility index (Phi) is 7.46. The van der Waals surface area contributed by atoms with E-state index in [0.717, 1.165) is 78.0 Å². The van der Waals surface area contributed by atoms with Crippen LogP contribution in [0, 0.1) is 0 Å². The number of hydrogen-bond acceptors (Lipinski definition) is 3. The fourth-order valence-electron chi connectivity index (χ4n) is 8.06. The molecule has 0 aliphatic carbocycles. The van der Waals surface area contributed by atoms with Crippen molar-refractivity contribution in [3.8, 4) is 61.8 Å². The second kappa shape index (κ2) is 13.1. The van der Waals surface area contributed by atoms with Crippen LogP contribution >= 0.6 is 0 Å². The van der Waals surface area contributed by atoms with Gasteiger partial charge in [-0.1, -0.05) is 146 Å². The van der Waals surface area contributed by atoms with E-state index in [1.54, 1.807) is 0 Å². The van der Waals surface area contributed by atoms with Gasteiger partial charge in [-0.3, -0.25) is 0 Å². The van der Waals surface area contributed by atoms with E-state index in [9.17, 15) is 0 Å². The molecule has 0 fully saturated rings. The Morgan fingerprint density at radius 2 is 0.839 bits per heavy atom. The van der Waals surface area contributed by atoms with E-state index in [-0.39, 0.29) is 0 Å². The van der Waals surface area contributed by atoms with Crippen LogP contribution in [-0.2, 0) is 0 Å². The number of hydrogen-bond donors (Lipinski definition) is 0. The van der Waals surface area contributed by atoms with E-state index in [1.807, 2.05) is 30.3 Å². The van der Waals surface area contributed by atoms with Crippen molar-refractivity contribution in [3.05, 3.63) is 200 Å². The number of aromatic nitrogens is 3. The Morgan fingerprint density at radius 3 is 1.55 bits per heavy atom. The lowest BCUT2D eigenvalue weighted by Gasteiger charge is -2.12. The lowest BCUT2D eigenvalue weighted by molar-refractivity contribution is 0.669. The quantitative estimate of drug-likeness (QED) is 0.172. The minimum atomic E-state index is 0.696. The minimum absolute atomic E-state index is 0.696. The predicted octanol–water partition coefficient (Wildman–Crippen LogP) is 13.8. The lowest BCUT2D eigenvalue weighted by Crippen LogP contribution is -1.97. The molecule has 0 spiro atoms. The number of para-hydroxylation sites is 3. The van der Waals surface area contributed by atoms with Crippen molar-refractivity contribution in [2.45, 2.75) is 0 Å². The van der Waals surface area contributed by atoms with E-state index in [4.69, 9.17) is 14.4 Å². The molecule has 3 heterocycles. The first-order valence-electron chi connectivity index (χ1n) is 18.9. The fourth-order valence-corrected chi connectivity index (χ4v) is 8.06. The normalized spacial score (nSPS) is 11.6. The highest BCUT2D eigenvalue weighted by atomic mass is 16.3. The highest BCUT2D eigenvalue weighted by molar-refractivity contribution is 6.09. The van der Waals surface area contributed by atoms with Gasteiger partial charge in [0.2, 0.25) is 0 Å². The van der Waals surface area contributed by atoms with Crippen LogP contribution in [0.5, 0.6) is 0 Å². The van der Waals surface area contributed by atoms with Gasteiger partial charge >= 0.3 is 0 Å². The van der Waals surface area contributed by atoms with Crippen molar-refractivity contribution in [2.24, 2.45) is 0 Å². The summed E-state index contributed by atoms with van der Waals surface area (Å²) >= 11 is 0. The first-order chi connectivity index (χ1) is 27.7. The largest absolute Gasteiger partial charge is 0.456 e. The summed E-state index contributed by atoms with van der Waals surface area (Å²) in [6.07, 6.45) is 0. The SMILES string of the molecule is c1ccc(-c2nc(-c3ccc(-n4c5ccccc5c5ccccc54)cc3)cc(-c3cccc(-c4ccc(-c5ccc6oc7ccccc7c6c5)cc4)c3)n2)cc1. The summed E-state index contributed by atoms with van der Waals surface area (Å²) in [6, 6.07) is 70.3. The predicted molar refractivity (Wildman–Crippen MR) is 231 cm³/mol. The van der Waals surface area contributed by atoms with Crippen LogP contribution in [0.4, 0.5) is 0 Å². The molecule has 0 saturated heterocycles. The van der Waals surface area contributed by atoms with Crippen molar-refractivity contribution < 1.29 is 4.42 Å². The number of rotatable bonds is 6. The van der Waals surface area contributed by atoms with E-state index in [0.29, 0.717) is 5.82 Å². The van der Waals surface area contributed by atoms with Gasteiger partial charge in [0.05, 0.1) is 22.4 Å². The van der Waals surface area contributed by atoms with Gasteiger partial charge in [-0.2, -0.15) is 0 Å². The highest BCUT2D eigenvalue weighted by Gasteiger charge is 2.15. The second-order valence-corrected chi connectivity index (χ2v) is 14.2. The third-order valence-corrected chi connectivity index (χ3v) is 10.8. The maximum Gasteiger partial charge on any atom is 0.160 e. The molecule has 11 rings (SSSR count). The molecule has 56 heavy (non-hydrogen) atoms. The van der Waals surface area contributed by atoms with E-state index in [2.05, 4.69) is 174 Å². The Hall–Kier alpha value is -7.56. The maximum atomic E-state index is 6.07. The van der Waals surface area contributed by atoms with Crippen LogP contribution in [0.25, 0.3) is 106 Å². The molecule has 3 aromatic heterocycles. The third kappa shape index (κ3) is 5.47. The van der Waals surface area contributed by atoms with Gasteiger partial charge in [0.25, 0.3) is 0 Å². The number of furan rings is 1. The molecular formula is C52H33N3O. The molecule has 0 N–H and O–H groups in total. The number of fused-ring (bicyclic) bond motifs is 6. The topological polar surface area (TPSA) is 43.9 Å². The smallest absolute Gasteiger partial charge is 0.160 e. The monoisotopic (exact) mass is 715 g/mol. The van der Waals surface area contributed by atoms with Crippen molar-refractivity contribution >= 4 is 43.7 Å². The summed E-state index contributed by atoms with van der Waals surface area (Å²) in [5.74, 6) is 0.696. The van der Waals surface area contributed by atoms with Crippen LogP contribution in [0.3, 0.4) is 0 Å². The molecule has 0 aliphatic heterocycles. The molecule has 0 amide bonds. The van der Waals surface area contributed by atoms with E-state index >= 15 is 0 Å². The molecule has 0 radical (unpaired) electrons. The molecule has 0 bridgehead atoms. The average molecular weight is 716 g/mol. The molecule has 4 heteroatoms. The third-order valence-electron chi connectivity index (χ3n) is 10.8. The van der Waals surface area contributed by atoms with Crippen LogP contribution in [0.2, 0.25) is 0 Å². The van der Waals surface area contributed by atoms with Crippen LogP contribution in [0.15, 0.2) is 205 Å². The van der Waals surface area contributed by atoms with Gasteiger partial charge in [-0.15, -0.1) is 0 Å². The first-order valence-corrected chi connectivity index (χ1v) is 18.9. The molecule has 0 saturated carbocycles. The molecule has 0 unspecified atom stereocenters. The van der Waals surface area contributed by atoms with Gasteiger partial charge in [0, 0.05) is 43.9 Å². The van der Waals surface area contributed by atoms with Crippen molar-refractivity contribution in [2.75, 3.05) is 0 Å². The number of nitrogens with zero attached hydrogens (tertiary/aromatic N) is 3. The van der Waals surface area contributed by atoms with Crippen molar-refractivity contribution in [1.82, 2.24) is 14.5 Å². The molecule has 0 atom stereocenters. The zero-order valence-corrected chi connectivity index (χ0v) is 30.3. The summed E-state index contributed by atoms with van der Waals surface area (Å²) in [4.78, 5) is 10.3. The molecule has 262 valence electrons. The summed E-state index contributed by atoms with van der Waals surface area (Å²) < 4.78 is 8.41. The summed E-state index contributed by atoms with van der Waals surface area (Å²) in [5.41, 5.74) is 14.7. The maximum absolute atomic E-state index is 6.07. The number of benzene rings is 8. The van der Waals surface area contributed by atoms with Crippen molar-refractivity contribution in [1.29, 1.82) is 0 Å². The van der Waals surface area contributed by atoms with Gasteiger partial charge in [-0.05, 0) is 76.9 Å². The van der Waals surface area contributed by atoms with Crippen molar-refractivity contribution in [3.63, 3.8) is 0 Å². The Morgan fingerprint density at radius 1 is 0.321 bits per heavy atom. The summed E-state index contributed by atoms with van der Waals surface area (Å²) in [7, 11) is 0. The van der Waals surface area contributed by atoms with Gasteiger partial charge in [0.1, 0.15) is 11.2 Å². The molecule has 8 aromatic carbocycles. The second-order valence-electron chi connectivity index (χ2n) is 14.2.